The van der Waals surface area contributed by atoms with Gasteiger partial charge >= 0.3 is 0 Å². The highest BCUT2D eigenvalue weighted by atomic mass is 32.1. The Bertz CT molecular complexity index is 426. The number of unbranched alkanes of at least 4 members (excludes halogenated alkanes) is 1. The summed E-state index contributed by atoms with van der Waals surface area (Å²) < 4.78 is 0. The van der Waals surface area contributed by atoms with Crippen molar-refractivity contribution in [1.29, 1.82) is 0 Å². The van der Waals surface area contributed by atoms with Crippen LogP contribution < -0.4 is 15.6 Å². The number of aromatic nitrogens is 1. The number of hydrogen-bond acceptors (Lipinski definition) is 5. The van der Waals surface area contributed by atoms with E-state index in [4.69, 9.17) is 12.2 Å². The fraction of sp³-hybridized carbons (Fsp3) is 0.615. The van der Waals surface area contributed by atoms with Crippen LogP contribution >= 0.6 is 23.6 Å². The summed E-state index contributed by atoms with van der Waals surface area (Å²) in [6.45, 7) is 9.20. The van der Waals surface area contributed by atoms with Gasteiger partial charge in [-0.15, -0.1) is 0 Å². The van der Waals surface area contributed by atoms with Crippen molar-refractivity contribution in [3.8, 4) is 0 Å². The van der Waals surface area contributed by atoms with Crippen molar-refractivity contribution in [2.45, 2.75) is 33.6 Å². The van der Waals surface area contributed by atoms with Gasteiger partial charge in [-0.25, -0.2) is 4.98 Å². The van der Waals surface area contributed by atoms with Crippen LogP contribution in [0.4, 0.5) is 5.13 Å². The normalized spacial score (nSPS) is 10.8. The van der Waals surface area contributed by atoms with Crippen LogP contribution in [-0.4, -0.2) is 35.9 Å². The van der Waals surface area contributed by atoms with Crippen molar-refractivity contribution in [1.82, 2.24) is 15.7 Å². The van der Waals surface area contributed by atoms with E-state index in [0.717, 1.165) is 42.5 Å². The Balaban J connectivity index is 2.40. The summed E-state index contributed by atoms with van der Waals surface area (Å²) in [6.07, 6.45) is 5.83. The monoisotopic (exact) mass is 313 g/mol. The molecule has 7 heteroatoms. The lowest BCUT2D eigenvalue weighted by Gasteiger charge is -2.16. The van der Waals surface area contributed by atoms with Gasteiger partial charge in [0.1, 0.15) is 0 Å². The molecular weight excluding hydrogens is 290 g/mol. The second kappa shape index (κ2) is 9.66. The number of thiazole rings is 1. The first-order chi connectivity index (χ1) is 9.71. The molecule has 1 rings (SSSR count). The molecule has 0 spiro atoms. The van der Waals surface area contributed by atoms with Crippen molar-refractivity contribution in [2.75, 3.05) is 24.5 Å². The molecule has 0 amide bonds. The lowest BCUT2D eigenvalue weighted by Crippen LogP contribution is -2.32. The molecule has 0 aliphatic heterocycles. The van der Waals surface area contributed by atoms with Crippen molar-refractivity contribution in [3.05, 3.63) is 11.1 Å². The maximum Gasteiger partial charge on any atom is 0.186 e. The molecule has 1 aromatic heterocycles. The Morgan fingerprint density at radius 1 is 1.45 bits per heavy atom. The van der Waals surface area contributed by atoms with Gasteiger partial charge in [-0.05, 0) is 32.5 Å². The third kappa shape index (κ3) is 5.83. The second-order valence-corrected chi connectivity index (χ2v) is 5.65. The molecule has 5 nitrogen and oxygen atoms in total. The molecule has 0 fully saturated rings. The zero-order valence-corrected chi connectivity index (χ0v) is 14.0. The number of rotatable bonds is 8. The first-order valence-electron chi connectivity index (χ1n) is 6.98. The van der Waals surface area contributed by atoms with Crippen molar-refractivity contribution in [3.63, 3.8) is 0 Å². The molecule has 1 heterocycles. The Morgan fingerprint density at radius 3 is 2.85 bits per heavy atom. The zero-order chi connectivity index (χ0) is 14.8. The Hall–Kier alpha value is -1.21. The first-order valence-corrected chi connectivity index (χ1v) is 8.21. The van der Waals surface area contributed by atoms with E-state index in [1.165, 1.54) is 0 Å². The van der Waals surface area contributed by atoms with Crippen LogP contribution in [0, 0.1) is 0 Å². The maximum atomic E-state index is 5.11. The fourth-order valence-electron chi connectivity index (χ4n) is 1.55. The molecule has 0 saturated heterocycles. The molecule has 0 aliphatic rings. The smallest absolute Gasteiger partial charge is 0.186 e. The van der Waals surface area contributed by atoms with E-state index >= 15 is 0 Å². The third-order valence-electron chi connectivity index (χ3n) is 2.72. The van der Waals surface area contributed by atoms with Crippen molar-refractivity contribution in [2.24, 2.45) is 5.10 Å². The van der Waals surface area contributed by atoms with Crippen LogP contribution in [-0.2, 0) is 0 Å². The summed E-state index contributed by atoms with van der Waals surface area (Å²) in [5.74, 6) is 0. The summed E-state index contributed by atoms with van der Waals surface area (Å²) in [6, 6.07) is 0. The van der Waals surface area contributed by atoms with Gasteiger partial charge in [-0.2, -0.15) is 5.10 Å². The fourth-order valence-corrected chi connectivity index (χ4v) is 2.62. The van der Waals surface area contributed by atoms with E-state index in [-0.39, 0.29) is 0 Å². The van der Waals surface area contributed by atoms with E-state index in [1.807, 2.05) is 6.20 Å². The van der Waals surface area contributed by atoms with Crippen LogP contribution in [0.1, 0.15) is 38.5 Å². The average Bonchev–Trinajstić information content (AvgIpc) is 2.89. The molecule has 1 aromatic rings. The SMILES string of the molecule is CCCCNC(=S)N/N=C\c1cnc(N(CC)CC)s1. The van der Waals surface area contributed by atoms with E-state index in [9.17, 15) is 0 Å². The molecule has 0 aliphatic carbocycles. The standard InChI is InChI=1S/C13H23N5S2/c1-4-7-8-14-12(19)17-16-10-11-9-15-13(20-11)18(5-2)6-3/h9-10H,4-8H2,1-3H3,(H2,14,17,19)/b16-10-. The number of anilines is 1. The Kier molecular flexibility index (Phi) is 8.13. The number of nitrogens with one attached hydrogen (secondary N) is 2. The lowest BCUT2D eigenvalue weighted by molar-refractivity contribution is 0.745. The van der Waals surface area contributed by atoms with Crippen LogP contribution in [0.5, 0.6) is 0 Å². The number of nitrogens with zero attached hydrogens (tertiary/aromatic N) is 3. The predicted octanol–water partition coefficient (Wildman–Crippen LogP) is 2.59. The summed E-state index contributed by atoms with van der Waals surface area (Å²) >= 11 is 6.74. The molecular formula is C13H23N5S2. The van der Waals surface area contributed by atoms with Gasteiger partial charge < -0.3 is 10.2 Å². The van der Waals surface area contributed by atoms with Gasteiger partial charge in [-0.1, -0.05) is 24.7 Å². The van der Waals surface area contributed by atoms with Crippen LogP contribution in [0.25, 0.3) is 0 Å². The Morgan fingerprint density at radius 2 is 2.20 bits per heavy atom. The Labute approximate surface area is 130 Å². The summed E-state index contributed by atoms with van der Waals surface area (Å²) in [4.78, 5) is 7.62. The molecule has 20 heavy (non-hydrogen) atoms. The van der Waals surface area contributed by atoms with Gasteiger partial charge in [0.2, 0.25) is 0 Å². The quantitative estimate of drug-likeness (QED) is 0.334. The minimum Gasteiger partial charge on any atom is -0.361 e. The molecule has 0 atom stereocenters. The van der Waals surface area contributed by atoms with Gasteiger partial charge in [-0.3, -0.25) is 5.43 Å². The molecule has 2 N–H and O–H groups in total. The molecule has 0 saturated carbocycles. The van der Waals surface area contributed by atoms with Gasteiger partial charge in [0.05, 0.1) is 11.1 Å². The minimum absolute atomic E-state index is 0.559. The number of hydrazone groups is 1. The lowest BCUT2D eigenvalue weighted by atomic mass is 10.3. The third-order valence-corrected chi connectivity index (χ3v) is 3.95. The molecule has 0 radical (unpaired) electrons. The predicted molar refractivity (Wildman–Crippen MR) is 91.9 cm³/mol. The van der Waals surface area contributed by atoms with Gasteiger partial charge in [0, 0.05) is 25.8 Å². The topological polar surface area (TPSA) is 52.6 Å². The minimum atomic E-state index is 0.559. The van der Waals surface area contributed by atoms with E-state index in [1.54, 1.807) is 17.6 Å². The number of thiocarbonyl (C=S) groups is 1. The van der Waals surface area contributed by atoms with Gasteiger partial charge in [0.25, 0.3) is 0 Å². The van der Waals surface area contributed by atoms with Crippen molar-refractivity contribution < 1.29 is 0 Å². The molecule has 0 bridgehead atoms. The summed E-state index contributed by atoms with van der Waals surface area (Å²) in [7, 11) is 0. The second-order valence-electron chi connectivity index (χ2n) is 4.20. The molecule has 0 unspecified atom stereocenters. The highest BCUT2D eigenvalue weighted by molar-refractivity contribution is 7.80. The molecule has 0 aromatic carbocycles. The van der Waals surface area contributed by atoms with E-state index < -0.39 is 0 Å². The summed E-state index contributed by atoms with van der Waals surface area (Å²) in [5.41, 5.74) is 2.81. The summed E-state index contributed by atoms with van der Waals surface area (Å²) in [5, 5.41) is 8.80. The maximum absolute atomic E-state index is 5.11. The highest BCUT2D eigenvalue weighted by Crippen LogP contribution is 2.20. The average molecular weight is 313 g/mol. The van der Waals surface area contributed by atoms with E-state index in [2.05, 4.69) is 46.5 Å². The van der Waals surface area contributed by atoms with Gasteiger partial charge in [0.15, 0.2) is 10.2 Å². The van der Waals surface area contributed by atoms with Crippen molar-refractivity contribution >= 4 is 40.0 Å². The van der Waals surface area contributed by atoms with E-state index in [0.29, 0.717) is 5.11 Å². The van der Waals surface area contributed by atoms with Crippen LogP contribution in [0.2, 0.25) is 0 Å². The van der Waals surface area contributed by atoms with Crippen LogP contribution in [0.3, 0.4) is 0 Å². The largest absolute Gasteiger partial charge is 0.361 e. The molecule has 112 valence electrons. The first kappa shape index (κ1) is 16.8. The highest BCUT2D eigenvalue weighted by Gasteiger charge is 2.06. The van der Waals surface area contributed by atoms with Crippen LogP contribution in [0.15, 0.2) is 11.3 Å². The number of hydrogen-bond donors (Lipinski definition) is 2. The zero-order valence-electron chi connectivity index (χ0n) is 12.3.